The van der Waals surface area contributed by atoms with Gasteiger partial charge in [0.05, 0.1) is 0 Å². The van der Waals surface area contributed by atoms with Crippen LogP contribution in [0.25, 0.3) is 0 Å². The first-order valence-electron chi connectivity index (χ1n) is 6.36. The number of hydrogen-bond donors (Lipinski definition) is 2. The smallest absolute Gasteiger partial charge is 0.224 e. The molecule has 0 spiro atoms. The van der Waals surface area contributed by atoms with Crippen LogP contribution < -0.4 is 10.6 Å². The van der Waals surface area contributed by atoms with Crippen molar-refractivity contribution < 1.29 is 8.78 Å². The van der Waals surface area contributed by atoms with E-state index in [1.807, 2.05) is 13.8 Å². The molecule has 0 bridgehead atoms. The van der Waals surface area contributed by atoms with Crippen molar-refractivity contribution in [2.75, 3.05) is 17.2 Å². The molecule has 0 fully saturated rings. The average Bonchev–Trinajstić information content (AvgIpc) is 2.40. The Hall–Kier alpha value is -2.24. The van der Waals surface area contributed by atoms with Gasteiger partial charge in [0.15, 0.2) is 0 Å². The lowest BCUT2D eigenvalue weighted by Gasteiger charge is -2.09. The van der Waals surface area contributed by atoms with E-state index in [0.717, 1.165) is 17.8 Å². The SMILES string of the molecule is CCNc1nc(C)cc(NCc2cc(F)ccc2F)n1. The van der Waals surface area contributed by atoms with E-state index in [9.17, 15) is 8.78 Å². The van der Waals surface area contributed by atoms with Crippen LogP contribution in [0.3, 0.4) is 0 Å². The fourth-order valence-corrected chi connectivity index (χ4v) is 1.76. The molecule has 106 valence electrons. The Labute approximate surface area is 116 Å². The number of aryl methyl sites for hydroxylation is 1. The first-order valence-corrected chi connectivity index (χ1v) is 6.36. The molecule has 6 heteroatoms. The summed E-state index contributed by atoms with van der Waals surface area (Å²) in [5, 5.41) is 5.98. The molecule has 2 N–H and O–H groups in total. The van der Waals surface area contributed by atoms with Gasteiger partial charge in [0.2, 0.25) is 5.95 Å². The molecule has 0 saturated carbocycles. The molecule has 1 heterocycles. The van der Waals surface area contributed by atoms with Gasteiger partial charge in [0.1, 0.15) is 17.5 Å². The van der Waals surface area contributed by atoms with Gasteiger partial charge in [-0.3, -0.25) is 0 Å². The molecular weight excluding hydrogens is 262 g/mol. The van der Waals surface area contributed by atoms with Crippen LogP contribution in [0.15, 0.2) is 24.3 Å². The molecule has 0 radical (unpaired) electrons. The molecule has 0 aliphatic rings. The topological polar surface area (TPSA) is 49.8 Å². The van der Waals surface area contributed by atoms with Crippen molar-refractivity contribution in [1.29, 1.82) is 0 Å². The summed E-state index contributed by atoms with van der Waals surface area (Å²) in [6.07, 6.45) is 0. The molecular formula is C14H16F2N4. The van der Waals surface area contributed by atoms with E-state index >= 15 is 0 Å². The zero-order chi connectivity index (χ0) is 14.5. The van der Waals surface area contributed by atoms with Gasteiger partial charge in [0, 0.05) is 30.4 Å². The van der Waals surface area contributed by atoms with Crippen molar-refractivity contribution >= 4 is 11.8 Å². The Morgan fingerprint density at radius 1 is 1.10 bits per heavy atom. The third-order valence-corrected chi connectivity index (χ3v) is 2.66. The van der Waals surface area contributed by atoms with Crippen LogP contribution >= 0.6 is 0 Å². The molecule has 0 aliphatic carbocycles. The number of nitrogens with zero attached hydrogens (tertiary/aromatic N) is 2. The van der Waals surface area contributed by atoms with Gasteiger partial charge in [0.25, 0.3) is 0 Å². The molecule has 0 aliphatic heterocycles. The second kappa shape index (κ2) is 6.27. The second-order valence-electron chi connectivity index (χ2n) is 4.34. The van der Waals surface area contributed by atoms with Crippen LogP contribution in [0, 0.1) is 18.6 Å². The number of hydrogen-bond acceptors (Lipinski definition) is 4. The fraction of sp³-hybridized carbons (Fsp3) is 0.286. The van der Waals surface area contributed by atoms with Crippen LogP contribution in [0.5, 0.6) is 0 Å². The van der Waals surface area contributed by atoms with E-state index in [1.54, 1.807) is 6.07 Å². The Balaban J connectivity index is 2.12. The lowest BCUT2D eigenvalue weighted by molar-refractivity contribution is 0.587. The molecule has 0 amide bonds. The minimum Gasteiger partial charge on any atom is -0.366 e. The first kappa shape index (κ1) is 14.2. The Morgan fingerprint density at radius 2 is 1.90 bits per heavy atom. The number of anilines is 2. The number of nitrogens with one attached hydrogen (secondary N) is 2. The van der Waals surface area contributed by atoms with Crippen molar-refractivity contribution in [3.05, 3.63) is 47.2 Å². The highest BCUT2D eigenvalue weighted by molar-refractivity contribution is 5.42. The van der Waals surface area contributed by atoms with E-state index in [-0.39, 0.29) is 12.1 Å². The van der Waals surface area contributed by atoms with Gasteiger partial charge < -0.3 is 10.6 Å². The number of benzene rings is 1. The van der Waals surface area contributed by atoms with E-state index < -0.39 is 11.6 Å². The summed E-state index contributed by atoms with van der Waals surface area (Å²) in [5.74, 6) is 0.166. The summed E-state index contributed by atoms with van der Waals surface area (Å²) in [6.45, 7) is 4.66. The molecule has 0 unspecified atom stereocenters. The predicted octanol–water partition coefficient (Wildman–Crippen LogP) is 3.11. The van der Waals surface area contributed by atoms with Crippen molar-refractivity contribution in [3.63, 3.8) is 0 Å². The predicted molar refractivity (Wildman–Crippen MR) is 74.6 cm³/mol. The van der Waals surface area contributed by atoms with Crippen LogP contribution in [-0.2, 0) is 6.54 Å². The summed E-state index contributed by atoms with van der Waals surface area (Å²) in [4.78, 5) is 8.45. The lowest BCUT2D eigenvalue weighted by Crippen LogP contribution is -2.08. The summed E-state index contributed by atoms with van der Waals surface area (Å²) in [5.41, 5.74) is 1.05. The summed E-state index contributed by atoms with van der Waals surface area (Å²) >= 11 is 0. The maximum absolute atomic E-state index is 13.5. The van der Waals surface area contributed by atoms with Gasteiger partial charge >= 0.3 is 0 Å². The Kier molecular flexibility index (Phi) is 4.45. The summed E-state index contributed by atoms with van der Waals surface area (Å²) in [6, 6.07) is 5.12. The third-order valence-electron chi connectivity index (χ3n) is 2.66. The number of halogens is 2. The van der Waals surface area contributed by atoms with Gasteiger partial charge in [-0.2, -0.15) is 4.98 Å². The maximum Gasteiger partial charge on any atom is 0.224 e. The molecule has 1 aromatic carbocycles. The van der Waals surface area contributed by atoms with Crippen LogP contribution in [0.4, 0.5) is 20.5 Å². The number of rotatable bonds is 5. The highest BCUT2D eigenvalue weighted by Gasteiger charge is 2.05. The Bertz CT molecular complexity index is 602. The van der Waals surface area contributed by atoms with Crippen molar-refractivity contribution in [3.8, 4) is 0 Å². The third kappa shape index (κ3) is 3.63. The molecule has 2 rings (SSSR count). The van der Waals surface area contributed by atoms with Gasteiger partial charge in [-0.05, 0) is 32.0 Å². The molecule has 0 saturated heterocycles. The Morgan fingerprint density at radius 3 is 2.65 bits per heavy atom. The zero-order valence-electron chi connectivity index (χ0n) is 11.4. The van der Waals surface area contributed by atoms with E-state index in [0.29, 0.717) is 18.3 Å². The van der Waals surface area contributed by atoms with Gasteiger partial charge in [-0.25, -0.2) is 13.8 Å². The molecule has 0 atom stereocenters. The summed E-state index contributed by atoms with van der Waals surface area (Å²) < 4.78 is 26.6. The van der Waals surface area contributed by atoms with E-state index in [1.165, 1.54) is 6.07 Å². The lowest BCUT2D eigenvalue weighted by atomic mass is 10.2. The minimum atomic E-state index is -0.463. The minimum absolute atomic E-state index is 0.158. The van der Waals surface area contributed by atoms with Crippen LogP contribution in [0.1, 0.15) is 18.2 Å². The average molecular weight is 278 g/mol. The molecule has 4 nitrogen and oxygen atoms in total. The van der Waals surface area contributed by atoms with Gasteiger partial charge in [-0.15, -0.1) is 0 Å². The molecule has 1 aromatic heterocycles. The van der Waals surface area contributed by atoms with Crippen LogP contribution in [0.2, 0.25) is 0 Å². The fourth-order valence-electron chi connectivity index (χ4n) is 1.76. The highest BCUT2D eigenvalue weighted by Crippen LogP contribution is 2.14. The normalized spacial score (nSPS) is 10.4. The van der Waals surface area contributed by atoms with Gasteiger partial charge in [-0.1, -0.05) is 0 Å². The van der Waals surface area contributed by atoms with Crippen molar-refractivity contribution in [1.82, 2.24) is 9.97 Å². The molecule has 20 heavy (non-hydrogen) atoms. The van der Waals surface area contributed by atoms with E-state index in [4.69, 9.17) is 0 Å². The van der Waals surface area contributed by atoms with Crippen LogP contribution in [-0.4, -0.2) is 16.5 Å². The second-order valence-corrected chi connectivity index (χ2v) is 4.34. The largest absolute Gasteiger partial charge is 0.366 e. The number of aromatic nitrogens is 2. The van der Waals surface area contributed by atoms with Crippen molar-refractivity contribution in [2.45, 2.75) is 20.4 Å². The van der Waals surface area contributed by atoms with Crippen molar-refractivity contribution in [2.24, 2.45) is 0 Å². The van der Waals surface area contributed by atoms with E-state index in [2.05, 4.69) is 20.6 Å². The zero-order valence-corrected chi connectivity index (χ0v) is 11.4. The quantitative estimate of drug-likeness (QED) is 0.882. The highest BCUT2D eigenvalue weighted by atomic mass is 19.1. The maximum atomic E-state index is 13.5. The first-order chi connectivity index (χ1) is 9.58. The monoisotopic (exact) mass is 278 g/mol. The summed E-state index contributed by atoms with van der Waals surface area (Å²) in [7, 11) is 0. The standard InChI is InChI=1S/C14H16F2N4/c1-3-17-14-19-9(2)6-13(20-14)18-8-10-7-11(15)4-5-12(10)16/h4-7H,3,8H2,1-2H3,(H2,17,18,19,20). The molecule has 2 aromatic rings.